The highest BCUT2D eigenvalue weighted by Gasteiger charge is 2.12. The molecule has 0 aliphatic rings. The topological polar surface area (TPSA) is 39.2 Å². The van der Waals surface area contributed by atoms with Crippen molar-refractivity contribution in [3.05, 3.63) is 58.5 Å². The first-order valence-corrected chi connectivity index (χ1v) is 5.10. The normalized spacial score (nSPS) is 12.7. The maximum absolute atomic E-state index is 6.11. The molecule has 0 radical (unpaired) electrons. The molecule has 0 saturated heterocycles. The first-order chi connectivity index (χ1) is 7.18. The van der Waals surface area contributed by atoms with Gasteiger partial charge in [0.1, 0.15) is 0 Å². The highest BCUT2D eigenvalue weighted by atomic mass is 35.5. The fraction of sp³-hybridized carbons (Fsp3) is 0.167. The predicted octanol–water partition coefficient (Wildman–Crippen LogP) is 3.29. The van der Waals surface area contributed by atoms with Gasteiger partial charge in [-0.2, -0.15) is 0 Å². The van der Waals surface area contributed by atoms with Gasteiger partial charge in [-0.1, -0.05) is 17.7 Å². The molecule has 1 heterocycles. The van der Waals surface area contributed by atoms with Gasteiger partial charge in [0.15, 0.2) is 0 Å². The van der Waals surface area contributed by atoms with E-state index < -0.39 is 0 Å². The summed E-state index contributed by atoms with van der Waals surface area (Å²) in [5.74, 6) is 0. The van der Waals surface area contributed by atoms with Crippen molar-refractivity contribution >= 4 is 11.6 Å². The molecule has 2 rings (SSSR count). The average molecular weight is 222 g/mol. The van der Waals surface area contributed by atoms with Crippen LogP contribution in [0.1, 0.15) is 22.7 Å². The van der Waals surface area contributed by atoms with E-state index in [1.54, 1.807) is 12.5 Å². The Bertz CT molecular complexity index is 451. The fourth-order valence-corrected chi connectivity index (χ4v) is 1.76. The number of halogens is 1. The van der Waals surface area contributed by atoms with E-state index in [0.717, 1.165) is 16.7 Å². The van der Waals surface area contributed by atoms with E-state index in [1.807, 2.05) is 31.2 Å². The van der Waals surface area contributed by atoms with Crippen LogP contribution in [0.2, 0.25) is 5.02 Å². The standard InChI is InChI=1S/C12H12ClNO/c1-8-2-3-10(13)6-11(8)12(14)9-4-5-15-7-9/h2-7,12H,14H2,1H3. The Morgan fingerprint density at radius 2 is 2.13 bits per heavy atom. The van der Waals surface area contributed by atoms with Gasteiger partial charge in [0.05, 0.1) is 18.6 Å². The Balaban J connectivity index is 2.41. The molecule has 0 aliphatic carbocycles. The van der Waals surface area contributed by atoms with Crippen molar-refractivity contribution in [3.63, 3.8) is 0 Å². The van der Waals surface area contributed by atoms with Crippen molar-refractivity contribution in [1.82, 2.24) is 0 Å². The molecule has 1 unspecified atom stereocenters. The molecule has 78 valence electrons. The molecule has 2 nitrogen and oxygen atoms in total. The van der Waals surface area contributed by atoms with Crippen molar-refractivity contribution < 1.29 is 4.42 Å². The van der Waals surface area contributed by atoms with Crippen molar-refractivity contribution in [1.29, 1.82) is 0 Å². The molecule has 0 bridgehead atoms. The lowest BCUT2D eigenvalue weighted by atomic mass is 9.98. The average Bonchev–Trinajstić information content (AvgIpc) is 2.74. The maximum atomic E-state index is 6.11. The van der Waals surface area contributed by atoms with Gasteiger partial charge in [-0.25, -0.2) is 0 Å². The number of aryl methyl sites for hydroxylation is 1. The summed E-state index contributed by atoms with van der Waals surface area (Å²) >= 11 is 5.94. The van der Waals surface area contributed by atoms with Crippen molar-refractivity contribution in [2.45, 2.75) is 13.0 Å². The maximum Gasteiger partial charge on any atom is 0.0953 e. The molecular formula is C12H12ClNO. The monoisotopic (exact) mass is 221 g/mol. The second-order valence-electron chi connectivity index (χ2n) is 3.54. The molecule has 1 aromatic carbocycles. The zero-order valence-electron chi connectivity index (χ0n) is 8.41. The SMILES string of the molecule is Cc1ccc(Cl)cc1C(N)c1ccoc1. The van der Waals surface area contributed by atoms with Gasteiger partial charge >= 0.3 is 0 Å². The van der Waals surface area contributed by atoms with E-state index in [-0.39, 0.29) is 6.04 Å². The molecular weight excluding hydrogens is 210 g/mol. The Hall–Kier alpha value is -1.25. The molecule has 0 saturated carbocycles. The molecule has 1 atom stereocenters. The Morgan fingerprint density at radius 1 is 1.33 bits per heavy atom. The minimum atomic E-state index is -0.178. The van der Waals surface area contributed by atoms with Crippen LogP contribution in [0.15, 0.2) is 41.2 Å². The third-order valence-electron chi connectivity index (χ3n) is 2.48. The molecule has 2 N–H and O–H groups in total. The van der Waals surface area contributed by atoms with Crippen LogP contribution in [0.25, 0.3) is 0 Å². The quantitative estimate of drug-likeness (QED) is 0.845. The molecule has 0 spiro atoms. The van der Waals surface area contributed by atoms with E-state index in [0.29, 0.717) is 5.02 Å². The molecule has 2 aromatic rings. The predicted molar refractivity (Wildman–Crippen MR) is 60.9 cm³/mol. The van der Waals surface area contributed by atoms with Gasteiger partial charge in [0.25, 0.3) is 0 Å². The van der Waals surface area contributed by atoms with Crippen LogP contribution in [-0.2, 0) is 0 Å². The summed E-state index contributed by atoms with van der Waals surface area (Å²) < 4.78 is 5.01. The lowest BCUT2D eigenvalue weighted by molar-refractivity contribution is 0.562. The first-order valence-electron chi connectivity index (χ1n) is 4.72. The number of nitrogens with two attached hydrogens (primary N) is 1. The number of hydrogen-bond donors (Lipinski definition) is 1. The smallest absolute Gasteiger partial charge is 0.0953 e. The molecule has 0 fully saturated rings. The van der Waals surface area contributed by atoms with E-state index in [1.165, 1.54) is 0 Å². The van der Waals surface area contributed by atoms with Crippen LogP contribution in [0.4, 0.5) is 0 Å². The first kappa shape index (κ1) is 10.3. The highest BCUT2D eigenvalue weighted by Crippen LogP contribution is 2.25. The minimum absolute atomic E-state index is 0.178. The number of rotatable bonds is 2. The van der Waals surface area contributed by atoms with Crippen LogP contribution in [0, 0.1) is 6.92 Å². The van der Waals surface area contributed by atoms with Crippen LogP contribution >= 0.6 is 11.6 Å². The second kappa shape index (κ2) is 4.09. The van der Waals surface area contributed by atoms with Gasteiger partial charge in [0.2, 0.25) is 0 Å². The van der Waals surface area contributed by atoms with Crippen molar-refractivity contribution in [2.24, 2.45) is 5.73 Å². The molecule has 15 heavy (non-hydrogen) atoms. The summed E-state index contributed by atoms with van der Waals surface area (Å²) in [6.07, 6.45) is 3.28. The van der Waals surface area contributed by atoms with Crippen LogP contribution < -0.4 is 5.73 Å². The van der Waals surface area contributed by atoms with Crippen LogP contribution in [-0.4, -0.2) is 0 Å². The van der Waals surface area contributed by atoms with E-state index >= 15 is 0 Å². The van der Waals surface area contributed by atoms with Crippen molar-refractivity contribution in [2.75, 3.05) is 0 Å². The third kappa shape index (κ3) is 2.06. The summed E-state index contributed by atoms with van der Waals surface area (Å²) in [6, 6.07) is 7.42. The van der Waals surface area contributed by atoms with Gasteiger partial charge in [-0.05, 0) is 36.2 Å². The molecule has 0 amide bonds. The second-order valence-corrected chi connectivity index (χ2v) is 3.97. The van der Waals surface area contributed by atoms with Crippen LogP contribution in [0.5, 0.6) is 0 Å². The zero-order chi connectivity index (χ0) is 10.8. The van der Waals surface area contributed by atoms with Crippen molar-refractivity contribution in [3.8, 4) is 0 Å². The van der Waals surface area contributed by atoms with Gasteiger partial charge in [0, 0.05) is 10.6 Å². The Kier molecular flexibility index (Phi) is 2.80. The largest absolute Gasteiger partial charge is 0.472 e. The Labute approximate surface area is 93.7 Å². The van der Waals surface area contributed by atoms with Gasteiger partial charge in [-0.3, -0.25) is 0 Å². The zero-order valence-corrected chi connectivity index (χ0v) is 9.16. The number of benzene rings is 1. The number of furan rings is 1. The molecule has 0 aliphatic heterocycles. The van der Waals surface area contributed by atoms with Gasteiger partial charge < -0.3 is 10.2 Å². The van der Waals surface area contributed by atoms with Gasteiger partial charge in [-0.15, -0.1) is 0 Å². The van der Waals surface area contributed by atoms with E-state index in [9.17, 15) is 0 Å². The van der Waals surface area contributed by atoms with E-state index in [4.69, 9.17) is 21.8 Å². The fourth-order valence-electron chi connectivity index (χ4n) is 1.58. The lowest BCUT2D eigenvalue weighted by Gasteiger charge is -2.13. The summed E-state index contributed by atoms with van der Waals surface area (Å²) in [6.45, 7) is 2.02. The molecule has 1 aromatic heterocycles. The number of hydrogen-bond acceptors (Lipinski definition) is 2. The third-order valence-corrected chi connectivity index (χ3v) is 2.71. The minimum Gasteiger partial charge on any atom is -0.472 e. The summed E-state index contributed by atoms with van der Waals surface area (Å²) in [5.41, 5.74) is 9.23. The lowest BCUT2D eigenvalue weighted by Crippen LogP contribution is -2.12. The summed E-state index contributed by atoms with van der Waals surface area (Å²) in [5, 5.41) is 0.703. The van der Waals surface area contributed by atoms with Crippen LogP contribution in [0.3, 0.4) is 0 Å². The Morgan fingerprint density at radius 3 is 2.80 bits per heavy atom. The highest BCUT2D eigenvalue weighted by molar-refractivity contribution is 6.30. The molecule has 3 heteroatoms. The van der Waals surface area contributed by atoms with E-state index in [2.05, 4.69) is 0 Å². The summed E-state index contributed by atoms with van der Waals surface area (Å²) in [4.78, 5) is 0. The summed E-state index contributed by atoms with van der Waals surface area (Å²) in [7, 11) is 0.